The lowest BCUT2D eigenvalue weighted by Crippen LogP contribution is -2.42. The lowest BCUT2D eigenvalue weighted by atomic mass is 10.1. The Morgan fingerprint density at radius 3 is 2.34 bits per heavy atom. The van der Waals surface area contributed by atoms with E-state index in [0.29, 0.717) is 17.7 Å². The van der Waals surface area contributed by atoms with E-state index in [1.165, 1.54) is 10.4 Å². The first-order valence-corrected chi connectivity index (χ1v) is 14.0. The van der Waals surface area contributed by atoms with Crippen LogP contribution in [-0.2, 0) is 21.2 Å². The number of hydrogen-bond acceptors (Lipinski definition) is 5. The number of thioether (sulfide) groups is 1. The Hall–Kier alpha value is -2.81. The molecule has 0 saturated carbocycles. The number of methoxy groups -OCH3 is 1. The minimum absolute atomic E-state index is 0.136. The van der Waals surface area contributed by atoms with Crippen LogP contribution in [-0.4, -0.2) is 45.1 Å². The molecular weight excluding hydrogens is 480 g/mol. The molecule has 1 unspecified atom stereocenters. The third-order valence-corrected chi connectivity index (χ3v) is 8.39. The van der Waals surface area contributed by atoms with E-state index in [2.05, 4.69) is 5.32 Å². The minimum atomic E-state index is -3.91. The summed E-state index contributed by atoms with van der Waals surface area (Å²) in [4.78, 5) is 14.3. The van der Waals surface area contributed by atoms with Crippen molar-refractivity contribution in [2.24, 2.45) is 0 Å². The van der Waals surface area contributed by atoms with Crippen molar-refractivity contribution in [3.63, 3.8) is 0 Å². The molecule has 0 heterocycles. The Labute approximate surface area is 212 Å². The van der Waals surface area contributed by atoms with Crippen LogP contribution in [0.4, 0.5) is 0 Å². The fraction of sp³-hybridized carbons (Fsp3) is 0.296. The second kappa shape index (κ2) is 12.2. The van der Waals surface area contributed by atoms with Gasteiger partial charge in [0.1, 0.15) is 5.75 Å². The average molecular weight is 513 g/mol. The van der Waals surface area contributed by atoms with Gasteiger partial charge in [-0.2, -0.15) is 4.31 Å². The van der Waals surface area contributed by atoms with Crippen molar-refractivity contribution < 1.29 is 17.9 Å². The summed E-state index contributed by atoms with van der Waals surface area (Å²) in [7, 11) is -2.36. The van der Waals surface area contributed by atoms with Crippen molar-refractivity contribution in [2.75, 3.05) is 26.5 Å². The topological polar surface area (TPSA) is 75.7 Å². The maximum Gasteiger partial charge on any atom is 0.243 e. The molecule has 3 aromatic rings. The second-order valence-corrected chi connectivity index (χ2v) is 11.1. The van der Waals surface area contributed by atoms with E-state index in [0.717, 1.165) is 16.0 Å². The predicted octanol–water partition coefficient (Wildman–Crippen LogP) is 4.84. The zero-order chi connectivity index (χ0) is 25.4. The van der Waals surface area contributed by atoms with Crippen LogP contribution < -0.4 is 10.1 Å². The van der Waals surface area contributed by atoms with Gasteiger partial charge in [-0.3, -0.25) is 4.79 Å². The van der Waals surface area contributed by atoms with E-state index >= 15 is 0 Å². The highest BCUT2D eigenvalue weighted by Gasteiger charge is 2.27. The summed E-state index contributed by atoms with van der Waals surface area (Å²) in [5.41, 5.74) is 2.67. The largest absolute Gasteiger partial charge is 0.496 e. The van der Waals surface area contributed by atoms with Crippen LogP contribution in [0, 0.1) is 6.92 Å². The maximum atomic E-state index is 13.6. The number of nitrogens with one attached hydrogen (secondary N) is 1. The van der Waals surface area contributed by atoms with E-state index < -0.39 is 10.0 Å². The van der Waals surface area contributed by atoms with Crippen LogP contribution in [0.25, 0.3) is 0 Å². The van der Waals surface area contributed by atoms with Crippen LogP contribution in [0.15, 0.2) is 82.6 Å². The zero-order valence-electron chi connectivity index (χ0n) is 20.5. The minimum Gasteiger partial charge on any atom is -0.496 e. The Morgan fingerprint density at radius 1 is 1.06 bits per heavy atom. The first kappa shape index (κ1) is 26.8. The monoisotopic (exact) mass is 512 g/mol. The molecular formula is C27H32N2O4S2. The highest BCUT2D eigenvalue weighted by molar-refractivity contribution is 7.98. The number of rotatable bonds is 11. The summed E-state index contributed by atoms with van der Waals surface area (Å²) >= 11 is 1.65. The van der Waals surface area contributed by atoms with Gasteiger partial charge in [-0.05, 0) is 73.5 Å². The Kier molecular flexibility index (Phi) is 9.37. The SMILES string of the molecule is COc1ccc(S(=O)(=O)N(CCc2ccccc2)CC(=O)NC(C)c2ccc(SC)cc2)cc1C. The number of amides is 1. The average Bonchev–Trinajstić information content (AvgIpc) is 2.86. The quantitative estimate of drug-likeness (QED) is 0.372. The second-order valence-electron chi connectivity index (χ2n) is 8.27. The number of sulfonamides is 1. The number of aryl methyl sites for hydroxylation is 1. The van der Waals surface area contributed by atoms with Gasteiger partial charge in [-0.25, -0.2) is 8.42 Å². The highest BCUT2D eigenvalue weighted by Crippen LogP contribution is 2.24. The summed E-state index contributed by atoms with van der Waals surface area (Å²) in [6.45, 7) is 3.60. The summed E-state index contributed by atoms with van der Waals surface area (Å²) < 4.78 is 33.7. The van der Waals surface area contributed by atoms with Crippen LogP contribution in [0.3, 0.4) is 0 Å². The van der Waals surface area contributed by atoms with Gasteiger partial charge in [-0.15, -0.1) is 11.8 Å². The van der Waals surface area contributed by atoms with Crippen molar-refractivity contribution in [2.45, 2.75) is 36.1 Å². The van der Waals surface area contributed by atoms with Crippen molar-refractivity contribution >= 4 is 27.7 Å². The van der Waals surface area contributed by atoms with E-state index in [1.807, 2.05) is 67.8 Å². The van der Waals surface area contributed by atoms with Crippen LogP contribution in [0.1, 0.15) is 29.7 Å². The van der Waals surface area contributed by atoms with Crippen molar-refractivity contribution in [1.29, 1.82) is 0 Å². The molecule has 1 N–H and O–H groups in total. The molecule has 35 heavy (non-hydrogen) atoms. The van der Waals surface area contributed by atoms with Crippen LogP contribution in [0.2, 0.25) is 0 Å². The van der Waals surface area contributed by atoms with Crippen molar-refractivity contribution in [3.05, 3.63) is 89.5 Å². The molecule has 0 spiro atoms. The molecule has 0 aliphatic carbocycles. The molecule has 0 fully saturated rings. The molecule has 0 aromatic heterocycles. The lowest BCUT2D eigenvalue weighted by Gasteiger charge is -2.24. The number of hydrogen-bond donors (Lipinski definition) is 1. The molecule has 1 amide bonds. The summed E-state index contributed by atoms with van der Waals surface area (Å²) in [6, 6.07) is 22.1. The normalized spacial score (nSPS) is 12.4. The molecule has 0 bridgehead atoms. The smallest absolute Gasteiger partial charge is 0.243 e. The van der Waals surface area contributed by atoms with Crippen molar-refractivity contribution in [3.8, 4) is 5.75 Å². The molecule has 0 radical (unpaired) electrons. The summed E-state index contributed by atoms with van der Waals surface area (Å²) in [5.74, 6) is 0.257. The first-order valence-electron chi connectivity index (χ1n) is 11.4. The molecule has 3 aromatic carbocycles. The maximum absolute atomic E-state index is 13.6. The molecule has 8 heteroatoms. The fourth-order valence-corrected chi connectivity index (χ4v) is 5.66. The van der Waals surface area contributed by atoms with Crippen molar-refractivity contribution in [1.82, 2.24) is 9.62 Å². The highest BCUT2D eigenvalue weighted by atomic mass is 32.2. The summed E-state index contributed by atoms with van der Waals surface area (Å²) in [6.07, 6.45) is 2.50. The van der Waals surface area contributed by atoms with Gasteiger partial charge in [0, 0.05) is 11.4 Å². The number of carbonyl (C=O) groups excluding carboxylic acids is 1. The molecule has 0 aliphatic rings. The lowest BCUT2D eigenvalue weighted by molar-refractivity contribution is -0.121. The van der Waals surface area contributed by atoms with Gasteiger partial charge in [0.05, 0.1) is 24.6 Å². The Balaban J connectivity index is 1.80. The van der Waals surface area contributed by atoms with Gasteiger partial charge in [0.2, 0.25) is 15.9 Å². The molecule has 0 saturated heterocycles. The number of nitrogens with zero attached hydrogens (tertiary/aromatic N) is 1. The molecule has 3 rings (SSSR count). The Bertz CT molecular complexity index is 1230. The first-order chi connectivity index (χ1) is 16.7. The van der Waals surface area contributed by atoms with E-state index in [4.69, 9.17) is 4.74 Å². The standard InChI is InChI=1S/C27H32N2O4S2/c1-20-18-25(14-15-26(20)33-3)35(31,32)29(17-16-22-8-6-5-7-9-22)19-27(30)28-21(2)23-10-12-24(34-4)13-11-23/h5-15,18,21H,16-17,19H2,1-4H3,(H,28,30). The van der Waals surface area contributed by atoms with Crippen LogP contribution >= 0.6 is 11.8 Å². The zero-order valence-corrected chi connectivity index (χ0v) is 22.2. The van der Waals surface area contributed by atoms with Gasteiger partial charge in [0.25, 0.3) is 0 Å². The van der Waals surface area contributed by atoms with Gasteiger partial charge >= 0.3 is 0 Å². The molecule has 1 atom stereocenters. The predicted molar refractivity (Wildman–Crippen MR) is 141 cm³/mol. The number of ether oxygens (including phenoxy) is 1. The molecule has 0 aliphatic heterocycles. The fourth-order valence-electron chi connectivity index (χ4n) is 3.77. The number of benzene rings is 3. The van der Waals surface area contributed by atoms with Gasteiger partial charge in [-0.1, -0.05) is 42.5 Å². The molecule has 186 valence electrons. The van der Waals surface area contributed by atoms with E-state index in [-0.39, 0.29) is 29.9 Å². The number of carbonyl (C=O) groups is 1. The Morgan fingerprint density at radius 2 is 1.74 bits per heavy atom. The van der Waals surface area contributed by atoms with Gasteiger partial charge < -0.3 is 10.1 Å². The van der Waals surface area contributed by atoms with Gasteiger partial charge in [0.15, 0.2) is 0 Å². The third-order valence-electron chi connectivity index (χ3n) is 5.81. The van der Waals surface area contributed by atoms with E-state index in [9.17, 15) is 13.2 Å². The van der Waals surface area contributed by atoms with E-state index in [1.54, 1.807) is 37.9 Å². The third kappa shape index (κ3) is 7.10. The molecule has 6 nitrogen and oxygen atoms in total. The summed E-state index contributed by atoms with van der Waals surface area (Å²) in [5, 5.41) is 2.94. The van der Waals surface area contributed by atoms with Crippen LogP contribution in [0.5, 0.6) is 5.75 Å².